The number of carbonyl (C=O) groups excluding carboxylic acids is 1. The van der Waals surface area contributed by atoms with E-state index in [4.69, 9.17) is 4.74 Å². The molecule has 1 unspecified atom stereocenters. The average molecular weight is 347 g/mol. The number of hydrogen-bond acceptors (Lipinski definition) is 6. The van der Waals surface area contributed by atoms with Gasteiger partial charge in [-0.1, -0.05) is 12.1 Å². The van der Waals surface area contributed by atoms with Crippen LogP contribution in [0.3, 0.4) is 0 Å². The molecule has 0 saturated heterocycles. The van der Waals surface area contributed by atoms with Gasteiger partial charge in [0.1, 0.15) is 23.2 Å². The number of aliphatic hydroxyl groups excluding tert-OH is 1. The number of aromatic nitrogens is 1. The van der Waals surface area contributed by atoms with Gasteiger partial charge >= 0.3 is 5.97 Å². The van der Waals surface area contributed by atoms with E-state index >= 15 is 0 Å². The van der Waals surface area contributed by atoms with Gasteiger partial charge in [0, 0.05) is 6.07 Å². The van der Waals surface area contributed by atoms with Gasteiger partial charge in [-0.3, -0.25) is 0 Å². The lowest BCUT2D eigenvalue weighted by Gasteiger charge is -2.10. The maximum atomic E-state index is 13.2. The van der Waals surface area contributed by atoms with Crippen molar-refractivity contribution in [2.75, 3.05) is 7.11 Å². The summed E-state index contributed by atoms with van der Waals surface area (Å²) in [4.78, 5) is 15.7. The summed E-state index contributed by atoms with van der Waals surface area (Å²) < 4.78 is 24.2. The Labute approximate surface area is 141 Å². The summed E-state index contributed by atoms with van der Waals surface area (Å²) in [7, 11) is 1.21. The number of fused-ring (bicyclic) bond motifs is 1. The highest BCUT2D eigenvalue weighted by Gasteiger charge is 2.18. The molecule has 2 aromatic carbocycles. The van der Waals surface area contributed by atoms with Crippen molar-refractivity contribution in [3.05, 3.63) is 58.9 Å². The monoisotopic (exact) mass is 347 g/mol. The first-order valence-electron chi connectivity index (χ1n) is 7.10. The molecule has 24 heavy (non-hydrogen) atoms. The third-order valence-corrected chi connectivity index (χ3v) is 4.36. The summed E-state index contributed by atoms with van der Waals surface area (Å²) in [6.45, 7) is 0.207. The smallest absolute Gasteiger partial charge is 0.339 e. The zero-order chi connectivity index (χ0) is 17.1. The lowest BCUT2D eigenvalue weighted by atomic mass is 10.1. The van der Waals surface area contributed by atoms with Crippen LogP contribution in [-0.2, 0) is 16.1 Å². The number of thiazole rings is 1. The van der Waals surface area contributed by atoms with Gasteiger partial charge in [-0.15, -0.1) is 11.3 Å². The lowest BCUT2D eigenvalue weighted by molar-refractivity contribution is -0.150. The summed E-state index contributed by atoms with van der Waals surface area (Å²) in [5.41, 5.74) is 0.971. The largest absolute Gasteiger partial charge is 0.486 e. The molecule has 7 heteroatoms. The van der Waals surface area contributed by atoms with E-state index in [0.29, 0.717) is 21.8 Å². The molecule has 1 atom stereocenters. The first kappa shape index (κ1) is 16.4. The Morgan fingerprint density at radius 2 is 2.17 bits per heavy atom. The van der Waals surface area contributed by atoms with Crippen molar-refractivity contribution < 1.29 is 23.8 Å². The molecule has 0 spiro atoms. The van der Waals surface area contributed by atoms with Crippen LogP contribution in [-0.4, -0.2) is 23.2 Å². The predicted octanol–water partition coefficient (Wildman–Crippen LogP) is 3.22. The highest BCUT2D eigenvalue weighted by Crippen LogP contribution is 2.25. The molecule has 0 aliphatic carbocycles. The fourth-order valence-corrected chi connectivity index (χ4v) is 3.04. The van der Waals surface area contributed by atoms with Crippen LogP contribution in [0.1, 0.15) is 16.7 Å². The molecule has 1 aromatic heterocycles. The maximum Gasteiger partial charge on any atom is 0.339 e. The Kier molecular flexibility index (Phi) is 4.73. The second-order valence-corrected chi connectivity index (χ2v) is 6.12. The van der Waals surface area contributed by atoms with Crippen LogP contribution in [0.4, 0.5) is 4.39 Å². The summed E-state index contributed by atoms with van der Waals surface area (Å²) in [5, 5.41) is 10.5. The molecular formula is C17H14FNO4S. The number of halogens is 1. The van der Waals surface area contributed by atoms with E-state index in [1.54, 1.807) is 30.3 Å². The van der Waals surface area contributed by atoms with E-state index in [-0.39, 0.29) is 12.4 Å². The zero-order valence-corrected chi connectivity index (χ0v) is 13.5. The summed E-state index contributed by atoms with van der Waals surface area (Å²) >= 11 is 1.42. The normalized spacial score (nSPS) is 12.1. The van der Waals surface area contributed by atoms with E-state index in [1.165, 1.54) is 30.6 Å². The number of nitrogens with zero attached hydrogens (tertiary/aromatic N) is 1. The minimum atomic E-state index is -1.36. The number of carbonyl (C=O) groups is 1. The molecule has 0 aliphatic rings. The predicted molar refractivity (Wildman–Crippen MR) is 87.3 cm³/mol. The standard InChI is InChI=1S/C17H14FNO4S/c1-22-17(21)16(20)10-3-2-4-12(7-10)23-9-15-19-13-8-11(18)5-6-14(13)24-15/h2-8,16,20H,9H2,1H3. The number of aliphatic hydroxyl groups is 1. The molecular weight excluding hydrogens is 333 g/mol. The van der Waals surface area contributed by atoms with Crippen LogP contribution in [0.2, 0.25) is 0 Å². The molecule has 3 rings (SSSR count). The van der Waals surface area contributed by atoms with Crippen LogP contribution >= 0.6 is 11.3 Å². The quantitative estimate of drug-likeness (QED) is 0.718. The van der Waals surface area contributed by atoms with Gasteiger partial charge < -0.3 is 14.6 Å². The number of rotatable bonds is 5. The molecule has 5 nitrogen and oxygen atoms in total. The van der Waals surface area contributed by atoms with Crippen molar-refractivity contribution >= 4 is 27.5 Å². The number of esters is 1. The molecule has 0 bridgehead atoms. The van der Waals surface area contributed by atoms with Gasteiger partial charge in [0.2, 0.25) is 0 Å². The third-order valence-electron chi connectivity index (χ3n) is 3.35. The molecule has 0 aliphatic heterocycles. The van der Waals surface area contributed by atoms with E-state index in [1.807, 2.05) is 0 Å². The minimum Gasteiger partial charge on any atom is -0.486 e. The van der Waals surface area contributed by atoms with Crippen molar-refractivity contribution in [1.82, 2.24) is 4.98 Å². The Morgan fingerprint density at radius 1 is 1.33 bits per heavy atom. The van der Waals surface area contributed by atoms with Crippen molar-refractivity contribution in [3.63, 3.8) is 0 Å². The molecule has 3 aromatic rings. The average Bonchev–Trinajstić information content (AvgIpc) is 3.00. The number of methoxy groups -OCH3 is 1. The van der Waals surface area contributed by atoms with Crippen molar-refractivity contribution in [2.45, 2.75) is 12.7 Å². The van der Waals surface area contributed by atoms with E-state index < -0.39 is 12.1 Å². The maximum absolute atomic E-state index is 13.2. The van der Waals surface area contributed by atoms with Gasteiger partial charge in [-0.05, 0) is 29.8 Å². The highest BCUT2D eigenvalue weighted by molar-refractivity contribution is 7.18. The van der Waals surface area contributed by atoms with Crippen molar-refractivity contribution in [3.8, 4) is 5.75 Å². The zero-order valence-electron chi connectivity index (χ0n) is 12.7. The second kappa shape index (κ2) is 6.94. The van der Waals surface area contributed by atoms with E-state index in [9.17, 15) is 14.3 Å². The molecule has 0 saturated carbocycles. The van der Waals surface area contributed by atoms with Crippen molar-refractivity contribution in [2.24, 2.45) is 0 Å². The van der Waals surface area contributed by atoms with Crippen LogP contribution in [0.5, 0.6) is 5.75 Å². The molecule has 124 valence electrons. The summed E-state index contributed by atoms with van der Waals surface area (Å²) in [6.07, 6.45) is -1.36. The molecule has 0 fully saturated rings. The van der Waals surface area contributed by atoms with Gasteiger partial charge in [-0.2, -0.15) is 0 Å². The Balaban J connectivity index is 1.72. The lowest BCUT2D eigenvalue weighted by Crippen LogP contribution is -2.13. The van der Waals surface area contributed by atoms with Gasteiger partial charge in [-0.25, -0.2) is 14.2 Å². The van der Waals surface area contributed by atoms with Gasteiger partial charge in [0.25, 0.3) is 0 Å². The first-order chi connectivity index (χ1) is 11.6. The minimum absolute atomic E-state index is 0.207. The van der Waals surface area contributed by atoms with Crippen LogP contribution < -0.4 is 4.74 Å². The number of ether oxygens (including phenoxy) is 2. The highest BCUT2D eigenvalue weighted by atomic mass is 32.1. The molecule has 0 radical (unpaired) electrons. The fourth-order valence-electron chi connectivity index (χ4n) is 2.18. The van der Waals surface area contributed by atoms with E-state index in [0.717, 1.165) is 4.70 Å². The Hall–Kier alpha value is -2.51. The molecule has 1 N–H and O–H groups in total. The Bertz CT molecular complexity index is 880. The second-order valence-electron chi connectivity index (χ2n) is 5.01. The van der Waals surface area contributed by atoms with Gasteiger partial charge in [0.05, 0.1) is 17.3 Å². The van der Waals surface area contributed by atoms with Crippen LogP contribution in [0.25, 0.3) is 10.2 Å². The first-order valence-corrected chi connectivity index (χ1v) is 7.92. The summed E-state index contributed by atoms with van der Waals surface area (Å²) in [6, 6.07) is 11.0. The topological polar surface area (TPSA) is 68.7 Å². The number of benzene rings is 2. The van der Waals surface area contributed by atoms with Crippen LogP contribution in [0.15, 0.2) is 42.5 Å². The van der Waals surface area contributed by atoms with E-state index in [2.05, 4.69) is 9.72 Å². The van der Waals surface area contributed by atoms with Crippen LogP contribution in [0, 0.1) is 5.82 Å². The van der Waals surface area contributed by atoms with Crippen molar-refractivity contribution in [1.29, 1.82) is 0 Å². The fraction of sp³-hybridized carbons (Fsp3) is 0.176. The molecule has 0 amide bonds. The third kappa shape index (κ3) is 3.52. The SMILES string of the molecule is COC(=O)C(O)c1cccc(OCc2nc3cc(F)ccc3s2)c1. The van der Waals surface area contributed by atoms with Gasteiger partial charge in [0.15, 0.2) is 6.10 Å². The summed E-state index contributed by atoms with van der Waals surface area (Å²) in [5.74, 6) is -0.578. The number of hydrogen-bond donors (Lipinski definition) is 1. The Morgan fingerprint density at radius 3 is 2.96 bits per heavy atom. The molecule has 1 heterocycles.